The van der Waals surface area contributed by atoms with Gasteiger partial charge in [0.25, 0.3) is 0 Å². The topological polar surface area (TPSA) is 48.7 Å². The highest BCUT2D eigenvalue weighted by atomic mass is 79.9. The Morgan fingerprint density at radius 3 is 2.83 bits per heavy atom. The predicted octanol–water partition coefficient (Wildman–Crippen LogP) is 4.42. The molecular formula is C13H9BrClN3. The second-order valence-corrected chi connectivity index (χ2v) is 5.06. The van der Waals surface area contributed by atoms with E-state index in [1.807, 2.05) is 31.2 Å². The van der Waals surface area contributed by atoms with Crippen LogP contribution in [0.15, 0.2) is 34.8 Å². The lowest BCUT2D eigenvalue weighted by Crippen LogP contribution is -1.96. The monoisotopic (exact) mass is 321 g/mol. The molecule has 1 N–H and O–H groups in total. The fraction of sp³-hybridized carbons (Fsp3) is 0.0769. The van der Waals surface area contributed by atoms with Gasteiger partial charge in [-0.05, 0) is 36.8 Å². The Balaban J connectivity index is 2.37. The van der Waals surface area contributed by atoms with Gasteiger partial charge in [0.2, 0.25) is 0 Å². The zero-order valence-electron chi connectivity index (χ0n) is 9.54. The quantitative estimate of drug-likeness (QED) is 0.833. The standard InChI is InChI=1S/C13H9BrClN3/c1-8-2-3-10(14)6-11(8)17-13-5-9(7-16)4-12(15)18-13/h2-6H,1H3,(H,17,18). The smallest absolute Gasteiger partial charge is 0.133 e. The van der Waals surface area contributed by atoms with Crippen LogP contribution in [0.2, 0.25) is 5.15 Å². The van der Waals surface area contributed by atoms with Crippen molar-refractivity contribution in [3.63, 3.8) is 0 Å². The number of pyridine rings is 1. The number of nitrogens with one attached hydrogen (secondary N) is 1. The van der Waals surface area contributed by atoms with Crippen molar-refractivity contribution in [1.82, 2.24) is 4.98 Å². The summed E-state index contributed by atoms with van der Waals surface area (Å²) >= 11 is 9.27. The highest BCUT2D eigenvalue weighted by Crippen LogP contribution is 2.24. The van der Waals surface area contributed by atoms with Crippen molar-refractivity contribution in [3.8, 4) is 6.07 Å². The fourth-order valence-electron chi connectivity index (χ4n) is 1.49. The Hall–Kier alpha value is -1.57. The van der Waals surface area contributed by atoms with E-state index in [9.17, 15) is 0 Å². The number of aromatic nitrogens is 1. The minimum atomic E-state index is 0.296. The Morgan fingerprint density at radius 1 is 1.33 bits per heavy atom. The van der Waals surface area contributed by atoms with E-state index < -0.39 is 0 Å². The third kappa shape index (κ3) is 3.00. The molecule has 0 aliphatic rings. The van der Waals surface area contributed by atoms with Crippen molar-refractivity contribution in [3.05, 3.63) is 51.1 Å². The molecule has 2 rings (SSSR count). The summed E-state index contributed by atoms with van der Waals surface area (Å²) in [5.74, 6) is 0.556. The summed E-state index contributed by atoms with van der Waals surface area (Å²) in [7, 11) is 0. The number of aryl methyl sites for hydroxylation is 1. The van der Waals surface area contributed by atoms with E-state index in [0.29, 0.717) is 16.5 Å². The molecular weight excluding hydrogens is 314 g/mol. The van der Waals surface area contributed by atoms with Gasteiger partial charge in [0, 0.05) is 10.2 Å². The fourth-order valence-corrected chi connectivity index (χ4v) is 2.06. The van der Waals surface area contributed by atoms with Crippen LogP contribution in [-0.2, 0) is 0 Å². The first-order chi connectivity index (χ1) is 8.58. The number of hydrogen-bond acceptors (Lipinski definition) is 3. The van der Waals surface area contributed by atoms with E-state index in [2.05, 4.69) is 26.2 Å². The van der Waals surface area contributed by atoms with Gasteiger partial charge in [-0.1, -0.05) is 33.6 Å². The molecule has 1 aromatic carbocycles. The summed E-state index contributed by atoms with van der Waals surface area (Å²) in [6, 6.07) is 11.1. The van der Waals surface area contributed by atoms with Crippen LogP contribution >= 0.6 is 27.5 Å². The van der Waals surface area contributed by atoms with Crippen molar-refractivity contribution in [2.24, 2.45) is 0 Å². The molecule has 0 saturated carbocycles. The summed E-state index contributed by atoms with van der Waals surface area (Å²) in [6.45, 7) is 1.99. The van der Waals surface area contributed by atoms with Gasteiger partial charge >= 0.3 is 0 Å². The van der Waals surface area contributed by atoms with Gasteiger partial charge in [0.05, 0.1) is 11.6 Å². The molecule has 0 spiro atoms. The minimum Gasteiger partial charge on any atom is -0.340 e. The van der Waals surface area contributed by atoms with Crippen molar-refractivity contribution in [2.45, 2.75) is 6.92 Å². The molecule has 1 heterocycles. The minimum absolute atomic E-state index is 0.296. The summed E-state index contributed by atoms with van der Waals surface area (Å²) in [5.41, 5.74) is 2.48. The molecule has 0 radical (unpaired) electrons. The summed E-state index contributed by atoms with van der Waals surface area (Å²) in [5, 5.41) is 12.3. The number of benzene rings is 1. The van der Waals surface area contributed by atoms with Crippen molar-refractivity contribution in [1.29, 1.82) is 5.26 Å². The summed E-state index contributed by atoms with van der Waals surface area (Å²) in [4.78, 5) is 4.14. The van der Waals surface area contributed by atoms with Crippen LogP contribution < -0.4 is 5.32 Å². The Bertz CT molecular complexity index is 635. The van der Waals surface area contributed by atoms with Crippen molar-refractivity contribution in [2.75, 3.05) is 5.32 Å². The second kappa shape index (κ2) is 5.38. The molecule has 5 heteroatoms. The van der Waals surface area contributed by atoms with E-state index in [1.165, 1.54) is 6.07 Å². The lowest BCUT2D eigenvalue weighted by Gasteiger charge is -2.09. The van der Waals surface area contributed by atoms with E-state index in [4.69, 9.17) is 16.9 Å². The third-order valence-corrected chi connectivity index (χ3v) is 3.07. The zero-order valence-corrected chi connectivity index (χ0v) is 11.9. The number of rotatable bonds is 2. The summed E-state index contributed by atoms with van der Waals surface area (Å²) in [6.07, 6.45) is 0. The van der Waals surface area contributed by atoms with E-state index in [1.54, 1.807) is 6.07 Å². The lowest BCUT2D eigenvalue weighted by molar-refractivity contribution is 1.28. The average Bonchev–Trinajstić information content (AvgIpc) is 2.33. The number of halogens is 2. The van der Waals surface area contributed by atoms with E-state index in [0.717, 1.165) is 15.7 Å². The van der Waals surface area contributed by atoms with E-state index >= 15 is 0 Å². The highest BCUT2D eigenvalue weighted by Gasteiger charge is 2.04. The van der Waals surface area contributed by atoms with Gasteiger partial charge in [-0.25, -0.2) is 4.98 Å². The molecule has 18 heavy (non-hydrogen) atoms. The maximum atomic E-state index is 8.88. The molecule has 0 bridgehead atoms. The zero-order chi connectivity index (χ0) is 13.1. The van der Waals surface area contributed by atoms with Gasteiger partial charge in [-0.2, -0.15) is 5.26 Å². The second-order valence-electron chi connectivity index (χ2n) is 3.76. The molecule has 0 amide bonds. The largest absolute Gasteiger partial charge is 0.340 e. The molecule has 0 aliphatic carbocycles. The van der Waals surface area contributed by atoms with E-state index in [-0.39, 0.29) is 0 Å². The lowest BCUT2D eigenvalue weighted by atomic mass is 10.2. The first-order valence-electron chi connectivity index (χ1n) is 5.19. The molecule has 2 aromatic rings. The highest BCUT2D eigenvalue weighted by molar-refractivity contribution is 9.10. The average molecular weight is 323 g/mol. The Morgan fingerprint density at radius 2 is 2.11 bits per heavy atom. The molecule has 0 atom stereocenters. The molecule has 0 saturated heterocycles. The Kier molecular flexibility index (Phi) is 3.85. The van der Waals surface area contributed by atoms with Crippen LogP contribution in [0.5, 0.6) is 0 Å². The van der Waals surface area contributed by atoms with Crippen LogP contribution in [0.4, 0.5) is 11.5 Å². The van der Waals surface area contributed by atoms with Gasteiger partial charge in [-0.3, -0.25) is 0 Å². The van der Waals surface area contributed by atoms with Crippen molar-refractivity contribution < 1.29 is 0 Å². The third-order valence-electron chi connectivity index (χ3n) is 2.39. The molecule has 3 nitrogen and oxygen atoms in total. The van der Waals surface area contributed by atoms with Crippen LogP contribution in [-0.4, -0.2) is 4.98 Å². The number of nitriles is 1. The maximum absolute atomic E-state index is 8.88. The van der Waals surface area contributed by atoms with Gasteiger partial charge in [0.15, 0.2) is 0 Å². The van der Waals surface area contributed by atoms with Crippen LogP contribution in [0.25, 0.3) is 0 Å². The van der Waals surface area contributed by atoms with Crippen LogP contribution in [0.1, 0.15) is 11.1 Å². The maximum Gasteiger partial charge on any atom is 0.133 e. The molecule has 1 aromatic heterocycles. The van der Waals surface area contributed by atoms with Gasteiger partial charge < -0.3 is 5.32 Å². The number of nitrogens with zero attached hydrogens (tertiary/aromatic N) is 2. The summed E-state index contributed by atoms with van der Waals surface area (Å²) < 4.78 is 0.970. The first-order valence-corrected chi connectivity index (χ1v) is 6.36. The van der Waals surface area contributed by atoms with Gasteiger partial charge in [0.1, 0.15) is 11.0 Å². The Labute approximate surface area is 119 Å². The van der Waals surface area contributed by atoms with Gasteiger partial charge in [-0.15, -0.1) is 0 Å². The SMILES string of the molecule is Cc1ccc(Br)cc1Nc1cc(C#N)cc(Cl)n1. The first kappa shape index (κ1) is 12.9. The molecule has 0 fully saturated rings. The molecule has 0 unspecified atom stereocenters. The van der Waals surface area contributed by atoms with Crippen LogP contribution in [0, 0.1) is 18.3 Å². The molecule has 90 valence electrons. The van der Waals surface area contributed by atoms with Crippen LogP contribution in [0.3, 0.4) is 0 Å². The number of anilines is 2. The number of hydrogen-bond donors (Lipinski definition) is 1. The normalized spacial score (nSPS) is 9.89. The molecule has 0 aliphatic heterocycles. The van der Waals surface area contributed by atoms with Crippen molar-refractivity contribution >= 4 is 39.0 Å². The predicted molar refractivity (Wildman–Crippen MR) is 76.1 cm³/mol.